The lowest BCUT2D eigenvalue weighted by Crippen LogP contribution is -2.40. The highest BCUT2D eigenvalue weighted by Crippen LogP contribution is 2.27. The number of benzene rings is 1. The summed E-state index contributed by atoms with van der Waals surface area (Å²) in [6.07, 6.45) is 2.34. The van der Waals surface area contributed by atoms with Gasteiger partial charge in [0.25, 0.3) is 0 Å². The Morgan fingerprint density at radius 3 is 2.74 bits per heavy atom. The maximum atomic E-state index is 12.2. The Bertz CT molecular complexity index is 456. The lowest BCUT2D eigenvalue weighted by Gasteiger charge is -2.23. The van der Waals surface area contributed by atoms with Gasteiger partial charge in [-0.05, 0) is 45.0 Å². The molecule has 1 saturated heterocycles. The first-order chi connectivity index (χ1) is 9.11. The van der Waals surface area contributed by atoms with E-state index in [-0.39, 0.29) is 11.9 Å². The minimum Gasteiger partial charge on any atom is -0.494 e. The van der Waals surface area contributed by atoms with Crippen molar-refractivity contribution in [3.05, 3.63) is 18.2 Å². The summed E-state index contributed by atoms with van der Waals surface area (Å²) >= 11 is 0. The number of nitrogen functional groups attached to an aromatic ring is 1. The zero-order valence-electron chi connectivity index (χ0n) is 11.5. The zero-order valence-corrected chi connectivity index (χ0v) is 11.5. The predicted octanol–water partition coefficient (Wildman–Crippen LogP) is 1.70. The van der Waals surface area contributed by atoms with Crippen LogP contribution >= 0.6 is 0 Å². The molecular formula is C14H21N3O2. The van der Waals surface area contributed by atoms with Crippen molar-refractivity contribution in [3.8, 4) is 5.75 Å². The summed E-state index contributed by atoms with van der Waals surface area (Å²) in [6.45, 7) is 3.92. The van der Waals surface area contributed by atoms with E-state index in [0.29, 0.717) is 17.1 Å². The van der Waals surface area contributed by atoms with Crippen LogP contribution in [0.4, 0.5) is 11.4 Å². The molecule has 1 heterocycles. The van der Waals surface area contributed by atoms with Crippen LogP contribution in [0.25, 0.3) is 0 Å². The van der Waals surface area contributed by atoms with Gasteiger partial charge < -0.3 is 15.8 Å². The van der Waals surface area contributed by atoms with Crippen LogP contribution in [-0.4, -0.2) is 37.0 Å². The Kier molecular flexibility index (Phi) is 4.27. The molecule has 1 aromatic rings. The van der Waals surface area contributed by atoms with Crippen LogP contribution in [0.1, 0.15) is 19.8 Å². The van der Waals surface area contributed by atoms with Crippen LogP contribution in [-0.2, 0) is 4.79 Å². The Hall–Kier alpha value is -1.75. The van der Waals surface area contributed by atoms with E-state index in [4.69, 9.17) is 10.5 Å². The number of nitrogens with two attached hydrogens (primary N) is 1. The fourth-order valence-electron chi connectivity index (χ4n) is 2.34. The minimum absolute atomic E-state index is 0.00929. The molecule has 5 heteroatoms. The van der Waals surface area contributed by atoms with Gasteiger partial charge in [0.05, 0.1) is 18.8 Å². The van der Waals surface area contributed by atoms with Crippen LogP contribution in [0.2, 0.25) is 0 Å². The van der Waals surface area contributed by atoms with Gasteiger partial charge >= 0.3 is 0 Å². The molecule has 1 atom stereocenters. The molecule has 1 amide bonds. The first-order valence-corrected chi connectivity index (χ1v) is 6.60. The van der Waals surface area contributed by atoms with E-state index in [1.807, 2.05) is 6.92 Å². The van der Waals surface area contributed by atoms with Crippen molar-refractivity contribution in [1.82, 2.24) is 4.90 Å². The summed E-state index contributed by atoms with van der Waals surface area (Å²) in [7, 11) is 1.56. The monoisotopic (exact) mass is 263 g/mol. The topological polar surface area (TPSA) is 67.6 Å². The number of carbonyl (C=O) groups is 1. The second-order valence-corrected chi connectivity index (χ2v) is 4.87. The van der Waals surface area contributed by atoms with Crippen molar-refractivity contribution in [2.24, 2.45) is 0 Å². The summed E-state index contributed by atoms with van der Waals surface area (Å²) in [5.74, 6) is 0.576. The van der Waals surface area contributed by atoms with Crippen molar-refractivity contribution >= 4 is 17.3 Å². The molecule has 0 saturated carbocycles. The van der Waals surface area contributed by atoms with E-state index in [2.05, 4.69) is 10.2 Å². The van der Waals surface area contributed by atoms with E-state index in [1.165, 1.54) is 12.8 Å². The minimum atomic E-state index is -0.121. The number of nitrogens with one attached hydrogen (secondary N) is 1. The normalized spacial score (nSPS) is 17.2. The highest BCUT2D eigenvalue weighted by Gasteiger charge is 2.24. The number of likely N-dealkylation sites (tertiary alicyclic amines) is 1. The molecule has 0 spiro atoms. The van der Waals surface area contributed by atoms with Gasteiger partial charge in [0.2, 0.25) is 5.91 Å². The van der Waals surface area contributed by atoms with Gasteiger partial charge in [0, 0.05) is 11.8 Å². The highest BCUT2D eigenvalue weighted by molar-refractivity contribution is 5.96. The maximum Gasteiger partial charge on any atom is 0.241 e. The first-order valence-electron chi connectivity index (χ1n) is 6.60. The number of nitrogens with zero attached hydrogens (tertiary/aromatic N) is 1. The number of ether oxygens (including phenoxy) is 1. The van der Waals surface area contributed by atoms with Gasteiger partial charge in [0.15, 0.2) is 0 Å². The van der Waals surface area contributed by atoms with Crippen LogP contribution in [0.5, 0.6) is 5.75 Å². The number of carbonyl (C=O) groups excluding carboxylic acids is 1. The SMILES string of the molecule is COc1cc(N)ccc1NC(=O)C(C)N1CCCC1. The van der Waals surface area contributed by atoms with Crippen molar-refractivity contribution in [3.63, 3.8) is 0 Å². The Morgan fingerprint density at radius 2 is 2.11 bits per heavy atom. The Labute approximate surface area is 113 Å². The van der Waals surface area contributed by atoms with Gasteiger partial charge in [-0.2, -0.15) is 0 Å². The summed E-state index contributed by atoms with van der Waals surface area (Å²) in [6, 6.07) is 5.10. The number of hydrogen-bond donors (Lipinski definition) is 2. The zero-order chi connectivity index (χ0) is 13.8. The lowest BCUT2D eigenvalue weighted by molar-refractivity contribution is -0.120. The van der Waals surface area contributed by atoms with Gasteiger partial charge in [-0.25, -0.2) is 0 Å². The third-order valence-electron chi connectivity index (χ3n) is 3.55. The van der Waals surface area contributed by atoms with E-state index < -0.39 is 0 Å². The quantitative estimate of drug-likeness (QED) is 0.811. The van der Waals surface area contributed by atoms with Crippen molar-refractivity contribution in [2.45, 2.75) is 25.8 Å². The Morgan fingerprint density at radius 1 is 1.42 bits per heavy atom. The smallest absolute Gasteiger partial charge is 0.241 e. The molecule has 0 bridgehead atoms. The second-order valence-electron chi connectivity index (χ2n) is 4.87. The summed E-state index contributed by atoms with van der Waals surface area (Å²) in [5.41, 5.74) is 6.97. The van der Waals surface area contributed by atoms with Crippen LogP contribution < -0.4 is 15.8 Å². The molecule has 3 N–H and O–H groups in total. The number of hydrogen-bond acceptors (Lipinski definition) is 4. The Balaban J connectivity index is 2.05. The molecule has 1 aromatic carbocycles. The molecule has 5 nitrogen and oxygen atoms in total. The highest BCUT2D eigenvalue weighted by atomic mass is 16.5. The van der Waals surface area contributed by atoms with Gasteiger partial charge in [-0.1, -0.05) is 0 Å². The van der Waals surface area contributed by atoms with Crippen LogP contribution in [0.15, 0.2) is 18.2 Å². The molecule has 1 aliphatic heterocycles. The third kappa shape index (κ3) is 3.17. The fraction of sp³-hybridized carbons (Fsp3) is 0.500. The van der Waals surface area contributed by atoms with Crippen molar-refractivity contribution < 1.29 is 9.53 Å². The molecule has 0 aliphatic carbocycles. The number of methoxy groups -OCH3 is 1. The molecule has 104 valence electrons. The molecular weight excluding hydrogens is 242 g/mol. The van der Waals surface area contributed by atoms with Gasteiger partial charge in [-0.3, -0.25) is 9.69 Å². The van der Waals surface area contributed by atoms with E-state index in [0.717, 1.165) is 13.1 Å². The molecule has 1 aliphatic rings. The molecule has 0 radical (unpaired) electrons. The molecule has 2 rings (SSSR count). The molecule has 19 heavy (non-hydrogen) atoms. The predicted molar refractivity (Wildman–Crippen MR) is 76.3 cm³/mol. The maximum absolute atomic E-state index is 12.2. The van der Waals surface area contributed by atoms with Crippen molar-refractivity contribution in [1.29, 1.82) is 0 Å². The van der Waals surface area contributed by atoms with Gasteiger partial charge in [-0.15, -0.1) is 0 Å². The van der Waals surface area contributed by atoms with E-state index >= 15 is 0 Å². The molecule has 1 fully saturated rings. The summed E-state index contributed by atoms with van der Waals surface area (Å²) in [4.78, 5) is 14.4. The number of rotatable bonds is 4. The second kappa shape index (κ2) is 5.93. The summed E-state index contributed by atoms with van der Waals surface area (Å²) < 4.78 is 5.22. The largest absolute Gasteiger partial charge is 0.494 e. The van der Waals surface area contributed by atoms with E-state index in [9.17, 15) is 4.79 Å². The van der Waals surface area contributed by atoms with Crippen molar-refractivity contribution in [2.75, 3.05) is 31.2 Å². The first kappa shape index (κ1) is 13.7. The van der Waals surface area contributed by atoms with Crippen LogP contribution in [0.3, 0.4) is 0 Å². The number of amides is 1. The molecule has 1 unspecified atom stereocenters. The standard InChI is InChI=1S/C14H21N3O2/c1-10(17-7-3-4-8-17)14(18)16-12-6-5-11(15)9-13(12)19-2/h5-6,9-10H,3-4,7-8,15H2,1-2H3,(H,16,18). The van der Waals surface area contributed by atoms with Crippen LogP contribution in [0, 0.1) is 0 Å². The van der Waals surface area contributed by atoms with E-state index in [1.54, 1.807) is 25.3 Å². The number of anilines is 2. The molecule has 0 aromatic heterocycles. The average Bonchev–Trinajstić information content (AvgIpc) is 2.93. The lowest BCUT2D eigenvalue weighted by atomic mass is 10.2. The fourth-order valence-corrected chi connectivity index (χ4v) is 2.34. The van der Waals surface area contributed by atoms with Gasteiger partial charge in [0.1, 0.15) is 5.75 Å². The summed E-state index contributed by atoms with van der Waals surface area (Å²) in [5, 5.41) is 2.90. The third-order valence-corrected chi connectivity index (χ3v) is 3.55. The average molecular weight is 263 g/mol.